The van der Waals surface area contributed by atoms with Crippen LogP contribution in [0.4, 0.5) is 5.69 Å². The number of nitrogens with one attached hydrogen (secondary N) is 2. The molecule has 2 rings (SSSR count). The average Bonchev–Trinajstić information content (AvgIpc) is 2.92. The van der Waals surface area contributed by atoms with Crippen LogP contribution in [0.3, 0.4) is 0 Å². The summed E-state index contributed by atoms with van der Waals surface area (Å²) >= 11 is 5.58. The number of hydrogen-bond acceptors (Lipinski definition) is 1. The van der Waals surface area contributed by atoms with Gasteiger partial charge in [0.1, 0.15) is 0 Å². The second-order valence-corrected chi connectivity index (χ2v) is 7.62. The summed E-state index contributed by atoms with van der Waals surface area (Å²) in [5.41, 5.74) is 5.26. The van der Waals surface area contributed by atoms with E-state index in [1.54, 1.807) is 0 Å². The van der Waals surface area contributed by atoms with Gasteiger partial charge in [-0.15, -0.1) is 0 Å². The first-order chi connectivity index (χ1) is 10.4. The van der Waals surface area contributed by atoms with Gasteiger partial charge in [-0.1, -0.05) is 58.2 Å². The summed E-state index contributed by atoms with van der Waals surface area (Å²) in [6.45, 7) is 11.2. The van der Waals surface area contributed by atoms with Crippen molar-refractivity contribution in [3.05, 3.63) is 28.8 Å². The molecule has 1 aromatic rings. The molecule has 0 aromatic heterocycles. The van der Waals surface area contributed by atoms with E-state index in [9.17, 15) is 0 Å². The molecule has 0 radical (unpaired) electrons. The maximum absolute atomic E-state index is 5.58. The molecule has 2 N–H and O–H groups in total. The van der Waals surface area contributed by atoms with Crippen LogP contribution in [0, 0.1) is 6.92 Å². The van der Waals surface area contributed by atoms with Gasteiger partial charge in [-0.2, -0.15) is 0 Å². The molecule has 1 fully saturated rings. The molecule has 1 saturated carbocycles. The summed E-state index contributed by atoms with van der Waals surface area (Å²) in [6, 6.07) is 5.13. The van der Waals surface area contributed by atoms with Gasteiger partial charge in [0.05, 0.1) is 0 Å². The lowest BCUT2D eigenvalue weighted by Gasteiger charge is -2.24. The van der Waals surface area contributed by atoms with Crippen molar-refractivity contribution in [3.63, 3.8) is 0 Å². The van der Waals surface area contributed by atoms with Crippen LogP contribution in [0.2, 0.25) is 0 Å². The predicted octanol–water partition coefficient (Wildman–Crippen LogP) is 5.47. The molecule has 1 aliphatic rings. The maximum Gasteiger partial charge on any atom is 0.171 e. The monoisotopic (exact) mass is 318 g/mol. The SMILES string of the molecule is Cc1cc(C(C)C)c(NC(=S)NC2CCCC2)c(C(C)C)c1. The summed E-state index contributed by atoms with van der Waals surface area (Å²) in [5, 5.41) is 7.79. The van der Waals surface area contributed by atoms with Crippen molar-refractivity contribution in [2.45, 2.75) is 78.2 Å². The van der Waals surface area contributed by atoms with Gasteiger partial charge in [0, 0.05) is 11.7 Å². The standard InChI is InChI=1S/C19H30N2S/c1-12(2)16-10-14(5)11-17(13(3)4)18(16)21-19(22)20-15-8-6-7-9-15/h10-13,15H,6-9H2,1-5H3,(H2,20,21,22). The fraction of sp³-hybridized carbons (Fsp3) is 0.632. The van der Waals surface area contributed by atoms with Crippen LogP contribution in [0.25, 0.3) is 0 Å². The van der Waals surface area contributed by atoms with Gasteiger partial charge in [0.25, 0.3) is 0 Å². The van der Waals surface area contributed by atoms with Crippen molar-refractivity contribution in [3.8, 4) is 0 Å². The van der Waals surface area contributed by atoms with Gasteiger partial charge < -0.3 is 10.6 Å². The van der Waals surface area contributed by atoms with E-state index in [2.05, 4.69) is 57.4 Å². The van der Waals surface area contributed by atoms with Crippen molar-refractivity contribution in [2.75, 3.05) is 5.32 Å². The van der Waals surface area contributed by atoms with E-state index < -0.39 is 0 Å². The molecule has 2 nitrogen and oxygen atoms in total. The normalized spacial score (nSPS) is 15.6. The van der Waals surface area contributed by atoms with Crippen LogP contribution in [0.5, 0.6) is 0 Å². The van der Waals surface area contributed by atoms with Gasteiger partial charge in [0.2, 0.25) is 0 Å². The zero-order valence-corrected chi connectivity index (χ0v) is 15.4. The highest BCUT2D eigenvalue weighted by molar-refractivity contribution is 7.80. The quantitative estimate of drug-likeness (QED) is 0.720. The van der Waals surface area contributed by atoms with Crippen molar-refractivity contribution < 1.29 is 0 Å². The molecular formula is C19H30N2S. The van der Waals surface area contributed by atoms with Crippen molar-refractivity contribution in [2.24, 2.45) is 0 Å². The fourth-order valence-corrected chi connectivity index (χ4v) is 3.57. The second kappa shape index (κ2) is 7.45. The van der Waals surface area contributed by atoms with E-state index in [4.69, 9.17) is 12.2 Å². The Labute approximate surface area is 141 Å². The Morgan fingerprint density at radius 3 is 2.00 bits per heavy atom. The Bertz CT molecular complexity index is 499. The molecule has 0 atom stereocenters. The molecule has 0 bridgehead atoms. The maximum atomic E-state index is 5.58. The van der Waals surface area contributed by atoms with Gasteiger partial charge in [-0.3, -0.25) is 0 Å². The minimum Gasteiger partial charge on any atom is -0.360 e. The van der Waals surface area contributed by atoms with Crippen LogP contribution in [-0.4, -0.2) is 11.2 Å². The van der Waals surface area contributed by atoms with E-state index in [1.807, 2.05) is 0 Å². The van der Waals surface area contributed by atoms with Crippen LogP contribution in [-0.2, 0) is 0 Å². The summed E-state index contributed by atoms with van der Waals surface area (Å²) in [4.78, 5) is 0. The molecule has 3 heteroatoms. The van der Waals surface area contributed by atoms with Crippen molar-refractivity contribution in [1.82, 2.24) is 5.32 Å². The van der Waals surface area contributed by atoms with E-state index in [0.717, 1.165) is 5.11 Å². The highest BCUT2D eigenvalue weighted by atomic mass is 32.1. The number of thiocarbonyl (C=S) groups is 1. The first-order valence-corrected chi connectivity index (χ1v) is 9.01. The van der Waals surface area contributed by atoms with Crippen LogP contribution >= 0.6 is 12.2 Å². The smallest absolute Gasteiger partial charge is 0.171 e. The number of aryl methyl sites for hydroxylation is 1. The lowest BCUT2D eigenvalue weighted by molar-refractivity contribution is 0.634. The Morgan fingerprint density at radius 1 is 1.05 bits per heavy atom. The van der Waals surface area contributed by atoms with Gasteiger partial charge >= 0.3 is 0 Å². The number of hydrogen-bond donors (Lipinski definition) is 2. The third-order valence-corrected chi connectivity index (χ3v) is 4.74. The third kappa shape index (κ3) is 4.22. The lowest BCUT2D eigenvalue weighted by Crippen LogP contribution is -2.36. The molecule has 0 heterocycles. The van der Waals surface area contributed by atoms with Crippen molar-refractivity contribution in [1.29, 1.82) is 0 Å². The minimum absolute atomic E-state index is 0.481. The number of rotatable bonds is 4. The van der Waals surface area contributed by atoms with E-state index in [-0.39, 0.29) is 0 Å². The number of benzene rings is 1. The molecule has 1 aliphatic carbocycles. The molecule has 0 saturated heterocycles. The van der Waals surface area contributed by atoms with Gasteiger partial charge in [0.15, 0.2) is 5.11 Å². The predicted molar refractivity (Wildman–Crippen MR) is 101 cm³/mol. The summed E-state index contributed by atoms with van der Waals surface area (Å²) < 4.78 is 0. The van der Waals surface area contributed by atoms with Gasteiger partial charge in [-0.25, -0.2) is 0 Å². The first kappa shape index (κ1) is 17.3. The van der Waals surface area contributed by atoms with Crippen LogP contribution < -0.4 is 10.6 Å². The highest BCUT2D eigenvalue weighted by Gasteiger charge is 2.19. The first-order valence-electron chi connectivity index (χ1n) is 8.60. The average molecular weight is 319 g/mol. The molecule has 0 aliphatic heterocycles. The molecule has 22 heavy (non-hydrogen) atoms. The number of anilines is 1. The molecule has 0 spiro atoms. The fourth-order valence-electron chi connectivity index (χ4n) is 3.30. The Balaban J connectivity index is 2.25. The Kier molecular flexibility index (Phi) is 5.85. The largest absolute Gasteiger partial charge is 0.360 e. The summed E-state index contributed by atoms with van der Waals surface area (Å²) in [5.74, 6) is 0.961. The van der Waals surface area contributed by atoms with E-state index in [0.29, 0.717) is 17.9 Å². The van der Waals surface area contributed by atoms with Crippen molar-refractivity contribution >= 4 is 23.0 Å². The minimum atomic E-state index is 0.481. The van der Waals surface area contributed by atoms with E-state index >= 15 is 0 Å². The Hall–Kier alpha value is -1.09. The molecular weight excluding hydrogens is 288 g/mol. The second-order valence-electron chi connectivity index (χ2n) is 7.21. The molecule has 122 valence electrons. The zero-order chi connectivity index (χ0) is 16.3. The molecule has 0 unspecified atom stereocenters. The Morgan fingerprint density at radius 2 is 1.55 bits per heavy atom. The third-order valence-electron chi connectivity index (χ3n) is 4.52. The highest BCUT2D eigenvalue weighted by Crippen LogP contribution is 2.34. The topological polar surface area (TPSA) is 24.1 Å². The van der Waals surface area contributed by atoms with Crippen LogP contribution in [0.15, 0.2) is 12.1 Å². The lowest BCUT2D eigenvalue weighted by atomic mass is 9.90. The zero-order valence-electron chi connectivity index (χ0n) is 14.6. The van der Waals surface area contributed by atoms with Crippen LogP contribution in [0.1, 0.15) is 81.9 Å². The van der Waals surface area contributed by atoms with Gasteiger partial charge in [-0.05, 0) is 54.9 Å². The molecule has 0 amide bonds. The van der Waals surface area contributed by atoms with E-state index in [1.165, 1.54) is 48.1 Å². The molecule has 1 aromatic carbocycles. The summed E-state index contributed by atoms with van der Waals surface area (Å²) in [6.07, 6.45) is 5.12. The summed E-state index contributed by atoms with van der Waals surface area (Å²) in [7, 11) is 0.